The van der Waals surface area contributed by atoms with Crippen LogP contribution < -0.4 is 14.4 Å². The monoisotopic (exact) mass is 553 g/mol. The molecule has 1 amide bonds. The number of anilines is 1. The van der Waals surface area contributed by atoms with Crippen LogP contribution in [0.25, 0.3) is 11.0 Å². The third-order valence-electron chi connectivity index (χ3n) is 8.46. The van der Waals surface area contributed by atoms with Gasteiger partial charge in [-0.1, -0.05) is 30.3 Å². The van der Waals surface area contributed by atoms with Gasteiger partial charge in [-0.25, -0.2) is 4.98 Å². The number of hydrogen-bond donors (Lipinski definition) is 0. The topological polar surface area (TPSA) is 63.1 Å². The lowest BCUT2D eigenvalue weighted by atomic mass is 9.96. The van der Waals surface area contributed by atoms with Crippen molar-refractivity contribution in [3.63, 3.8) is 0 Å². The highest BCUT2D eigenvalue weighted by atomic mass is 16.5. The van der Waals surface area contributed by atoms with Crippen LogP contribution in [0.4, 0.5) is 5.69 Å². The van der Waals surface area contributed by atoms with Crippen LogP contribution in [0.5, 0.6) is 11.5 Å². The Morgan fingerprint density at radius 3 is 2.41 bits per heavy atom. The van der Waals surface area contributed by atoms with Gasteiger partial charge in [0.2, 0.25) is 5.91 Å². The van der Waals surface area contributed by atoms with Gasteiger partial charge in [-0.2, -0.15) is 0 Å². The van der Waals surface area contributed by atoms with Crippen molar-refractivity contribution in [2.45, 2.75) is 25.9 Å². The lowest BCUT2D eigenvalue weighted by molar-refractivity contribution is -0.137. The molecule has 2 fully saturated rings. The molecule has 3 heterocycles. The van der Waals surface area contributed by atoms with Gasteiger partial charge in [0.05, 0.1) is 37.7 Å². The minimum Gasteiger partial charge on any atom is -0.497 e. The number of imidazole rings is 1. The van der Waals surface area contributed by atoms with Gasteiger partial charge in [0.15, 0.2) is 0 Å². The minimum absolute atomic E-state index is 0.0338. The molecule has 2 aliphatic heterocycles. The number of hydrogen-bond acceptors (Lipinski definition) is 6. The van der Waals surface area contributed by atoms with Crippen molar-refractivity contribution in [2.75, 3.05) is 58.4 Å². The van der Waals surface area contributed by atoms with Crippen molar-refractivity contribution in [3.8, 4) is 11.5 Å². The molecule has 0 radical (unpaired) electrons. The summed E-state index contributed by atoms with van der Waals surface area (Å²) in [5.74, 6) is 3.09. The maximum atomic E-state index is 13.6. The fourth-order valence-electron chi connectivity index (χ4n) is 6.19. The number of para-hydroxylation sites is 2. The van der Waals surface area contributed by atoms with Crippen LogP contribution in [-0.2, 0) is 17.9 Å². The zero-order valence-electron chi connectivity index (χ0n) is 24.0. The van der Waals surface area contributed by atoms with Gasteiger partial charge < -0.3 is 23.8 Å². The molecule has 214 valence electrons. The summed E-state index contributed by atoms with van der Waals surface area (Å²) in [4.78, 5) is 25.5. The van der Waals surface area contributed by atoms with Crippen LogP contribution in [0.2, 0.25) is 0 Å². The van der Waals surface area contributed by atoms with E-state index in [1.807, 2.05) is 30.3 Å². The summed E-state index contributed by atoms with van der Waals surface area (Å²) in [6.07, 6.45) is 1.98. The molecule has 1 aromatic heterocycles. The number of rotatable bonds is 8. The molecule has 2 saturated heterocycles. The van der Waals surface area contributed by atoms with Gasteiger partial charge in [0, 0.05) is 51.0 Å². The summed E-state index contributed by atoms with van der Waals surface area (Å²) in [6, 6.07) is 24.7. The van der Waals surface area contributed by atoms with Gasteiger partial charge in [-0.05, 0) is 61.3 Å². The predicted octanol–water partition coefficient (Wildman–Crippen LogP) is 4.66. The number of benzene rings is 3. The second-order valence-electron chi connectivity index (χ2n) is 11.0. The minimum atomic E-state index is 0.0338. The zero-order chi connectivity index (χ0) is 28.2. The van der Waals surface area contributed by atoms with Crippen LogP contribution in [0.3, 0.4) is 0 Å². The lowest BCUT2D eigenvalue weighted by Gasteiger charge is -2.39. The maximum Gasteiger partial charge on any atom is 0.227 e. The van der Waals surface area contributed by atoms with E-state index in [4.69, 9.17) is 14.5 Å². The normalized spacial score (nSPS) is 18.0. The number of carbonyl (C=O) groups is 1. The number of ether oxygens (including phenoxy) is 2. The Kier molecular flexibility index (Phi) is 8.09. The summed E-state index contributed by atoms with van der Waals surface area (Å²) in [5, 5.41) is 0. The number of aromatic nitrogens is 2. The first-order chi connectivity index (χ1) is 20.1. The molecule has 2 aliphatic rings. The van der Waals surface area contributed by atoms with Gasteiger partial charge in [0.25, 0.3) is 0 Å². The summed E-state index contributed by atoms with van der Waals surface area (Å²) in [5.41, 5.74) is 4.50. The molecule has 6 rings (SSSR count). The smallest absolute Gasteiger partial charge is 0.227 e. The Balaban J connectivity index is 1.11. The first kappa shape index (κ1) is 27.1. The Bertz CT molecular complexity index is 1480. The largest absolute Gasteiger partial charge is 0.497 e. The number of carbonyl (C=O) groups excluding carboxylic acids is 1. The lowest BCUT2D eigenvalue weighted by Crippen LogP contribution is -2.52. The molecule has 0 unspecified atom stereocenters. The average molecular weight is 554 g/mol. The summed E-state index contributed by atoms with van der Waals surface area (Å²) in [7, 11) is 3.38. The molecule has 41 heavy (non-hydrogen) atoms. The van der Waals surface area contributed by atoms with E-state index in [9.17, 15) is 4.79 Å². The summed E-state index contributed by atoms with van der Waals surface area (Å²) < 4.78 is 13.1. The van der Waals surface area contributed by atoms with Gasteiger partial charge in [0.1, 0.15) is 17.3 Å². The molecule has 3 aromatic carbocycles. The molecular formula is C33H39N5O3. The SMILES string of the molecule is COc1ccc(Cn2c(CN3CCC[C@@H](C(=O)N4CCN(c5cccc(OC)c5)CC4)C3)nc3ccccc32)cc1. The molecule has 8 nitrogen and oxygen atoms in total. The third kappa shape index (κ3) is 6.03. The number of piperidine rings is 1. The maximum absolute atomic E-state index is 13.6. The Morgan fingerprint density at radius 2 is 1.63 bits per heavy atom. The van der Waals surface area contributed by atoms with E-state index in [1.165, 1.54) is 5.56 Å². The highest BCUT2D eigenvalue weighted by Gasteiger charge is 2.31. The number of fused-ring (bicyclic) bond motifs is 1. The molecule has 8 heteroatoms. The molecule has 1 atom stereocenters. The first-order valence-corrected chi connectivity index (χ1v) is 14.6. The van der Waals surface area contributed by atoms with Gasteiger partial charge in [-0.15, -0.1) is 0 Å². The molecule has 0 bridgehead atoms. The standard InChI is InChI=1S/C33H39N5O3/c1-40-28-14-12-25(13-15-28)22-38-31-11-4-3-10-30(31)34-32(38)24-35-16-6-7-26(23-35)33(39)37-19-17-36(18-20-37)27-8-5-9-29(21-27)41-2/h3-5,8-15,21,26H,6-7,16-20,22-24H2,1-2H3/t26-/m1/s1. The number of methoxy groups -OCH3 is 2. The van der Waals surface area contributed by atoms with Gasteiger partial charge in [-0.3, -0.25) is 9.69 Å². The fourth-order valence-corrected chi connectivity index (χ4v) is 6.19. The van der Waals surface area contributed by atoms with Crippen LogP contribution in [-0.4, -0.2) is 78.7 Å². The van der Waals surface area contributed by atoms with Crippen molar-refractivity contribution in [1.82, 2.24) is 19.4 Å². The number of likely N-dealkylation sites (tertiary alicyclic amines) is 1. The Labute approximate surface area is 242 Å². The van der Waals surface area contributed by atoms with Crippen molar-refractivity contribution >= 4 is 22.6 Å². The average Bonchev–Trinajstić information content (AvgIpc) is 3.37. The highest BCUT2D eigenvalue weighted by Crippen LogP contribution is 2.26. The summed E-state index contributed by atoms with van der Waals surface area (Å²) in [6.45, 7) is 6.43. The quantitative estimate of drug-likeness (QED) is 0.316. The molecule has 0 spiro atoms. The van der Waals surface area contributed by atoms with E-state index in [1.54, 1.807) is 14.2 Å². The van der Waals surface area contributed by atoms with Crippen LogP contribution in [0.1, 0.15) is 24.2 Å². The van der Waals surface area contributed by atoms with Gasteiger partial charge >= 0.3 is 0 Å². The molecule has 4 aromatic rings. The van der Waals surface area contributed by atoms with E-state index in [0.29, 0.717) is 5.91 Å². The summed E-state index contributed by atoms with van der Waals surface area (Å²) >= 11 is 0. The Hall–Kier alpha value is -4.04. The molecule has 0 N–H and O–H groups in total. The van der Waals surface area contributed by atoms with Crippen molar-refractivity contribution in [3.05, 3.63) is 84.2 Å². The van der Waals surface area contributed by atoms with Crippen LogP contribution in [0.15, 0.2) is 72.8 Å². The predicted molar refractivity (Wildman–Crippen MR) is 162 cm³/mol. The number of amides is 1. The first-order valence-electron chi connectivity index (χ1n) is 14.6. The molecule has 0 saturated carbocycles. The van der Waals surface area contributed by atoms with E-state index in [2.05, 4.69) is 61.7 Å². The van der Waals surface area contributed by atoms with E-state index in [0.717, 1.165) is 99.2 Å². The van der Waals surface area contributed by atoms with E-state index in [-0.39, 0.29) is 5.92 Å². The third-order valence-corrected chi connectivity index (χ3v) is 8.46. The highest BCUT2D eigenvalue weighted by molar-refractivity contribution is 5.79. The van der Waals surface area contributed by atoms with E-state index < -0.39 is 0 Å². The van der Waals surface area contributed by atoms with Crippen LogP contribution in [0, 0.1) is 5.92 Å². The molecular weight excluding hydrogens is 514 g/mol. The Morgan fingerprint density at radius 1 is 0.854 bits per heavy atom. The fraction of sp³-hybridized carbons (Fsp3) is 0.394. The second kappa shape index (κ2) is 12.2. The second-order valence-corrected chi connectivity index (χ2v) is 11.0. The molecule has 0 aliphatic carbocycles. The van der Waals surface area contributed by atoms with E-state index >= 15 is 0 Å². The number of nitrogens with zero attached hydrogens (tertiary/aromatic N) is 5. The number of piperazine rings is 1. The van der Waals surface area contributed by atoms with Crippen molar-refractivity contribution in [2.24, 2.45) is 5.92 Å². The van der Waals surface area contributed by atoms with Crippen molar-refractivity contribution in [1.29, 1.82) is 0 Å². The van der Waals surface area contributed by atoms with Crippen LogP contribution >= 0.6 is 0 Å². The van der Waals surface area contributed by atoms with Crippen molar-refractivity contribution < 1.29 is 14.3 Å². The zero-order valence-corrected chi connectivity index (χ0v) is 24.0.